The van der Waals surface area contributed by atoms with Gasteiger partial charge in [-0.05, 0) is 30.4 Å². The average molecular weight is 356 g/mol. The monoisotopic (exact) mass is 355 g/mol. The van der Waals surface area contributed by atoms with Crippen LogP contribution in [0.3, 0.4) is 0 Å². The summed E-state index contributed by atoms with van der Waals surface area (Å²) in [5.41, 5.74) is 0.0827. The molecule has 1 aliphatic rings. The summed E-state index contributed by atoms with van der Waals surface area (Å²) in [4.78, 5) is 23.8. The molecule has 0 saturated heterocycles. The Balaban J connectivity index is 1.80. The molecule has 0 heterocycles. The van der Waals surface area contributed by atoms with Gasteiger partial charge in [0.25, 0.3) is 5.91 Å². The highest BCUT2D eigenvalue weighted by atomic mass is 35.5. The maximum Gasteiger partial charge on any atom is 0.310 e. The summed E-state index contributed by atoms with van der Waals surface area (Å²) in [6.07, 6.45) is 2.90. The van der Waals surface area contributed by atoms with E-state index in [4.69, 9.17) is 16.3 Å². The van der Waals surface area contributed by atoms with Crippen LogP contribution in [0.4, 0.5) is 4.39 Å². The van der Waals surface area contributed by atoms with E-state index in [9.17, 15) is 14.0 Å². The molecule has 0 radical (unpaired) electrons. The normalized spacial score (nSPS) is 23.6. The van der Waals surface area contributed by atoms with Crippen LogP contribution in [0.1, 0.15) is 38.7 Å². The molecule has 6 heteroatoms. The Morgan fingerprint density at radius 1 is 1.33 bits per heavy atom. The van der Waals surface area contributed by atoms with E-state index in [1.54, 1.807) is 0 Å². The summed E-state index contributed by atoms with van der Waals surface area (Å²) in [6, 6.07) is 4.31. The van der Waals surface area contributed by atoms with E-state index >= 15 is 0 Å². The van der Waals surface area contributed by atoms with E-state index < -0.39 is 11.8 Å². The smallest absolute Gasteiger partial charge is 0.310 e. The minimum absolute atomic E-state index is 0.0827. The van der Waals surface area contributed by atoms with Crippen LogP contribution in [0.2, 0.25) is 5.02 Å². The third-order valence-corrected chi connectivity index (χ3v) is 5.15. The van der Waals surface area contributed by atoms with Gasteiger partial charge in [0.2, 0.25) is 0 Å². The van der Waals surface area contributed by atoms with Crippen LogP contribution in [-0.2, 0) is 20.7 Å². The van der Waals surface area contributed by atoms with Crippen molar-refractivity contribution in [3.63, 3.8) is 0 Å². The number of amides is 1. The molecule has 3 atom stereocenters. The van der Waals surface area contributed by atoms with Gasteiger partial charge in [0.05, 0.1) is 6.42 Å². The number of carbonyl (C=O) groups excluding carboxylic acids is 2. The van der Waals surface area contributed by atoms with E-state index in [0.717, 1.165) is 12.8 Å². The van der Waals surface area contributed by atoms with Gasteiger partial charge in [-0.3, -0.25) is 9.59 Å². The molecule has 0 spiro atoms. The molecule has 1 aromatic carbocycles. The second-order valence-corrected chi connectivity index (χ2v) is 6.89. The number of rotatable bonds is 5. The molecule has 1 aliphatic carbocycles. The van der Waals surface area contributed by atoms with Gasteiger partial charge in [-0.1, -0.05) is 44.4 Å². The maximum absolute atomic E-state index is 13.6. The first-order valence-electron chi connectivity index (χ1n) is 8.26. The number of halogens is 2. The van der Waals surface area contributed by atoms with Crippen molar-refractivity contribution in [1.29, 1.82) is 0 Å². The van der Waals surface area contributed by atoms with E-state index in [0.29, 0.717) is 11.8 Å². The minimum atomic E-state index is -0.679. The average Bonchev–Trinajstić information content (AvgIpc) is 2.53. The number of hydrogen-bond donors (Lipinski definition) is 1. The third-order valence-electron chi connectivity index (χ3n) is 4.80. The lowest BCUT2D eigenvalue weighted by molar-refractivity contribution is -0.148. The van der Waals surface area contributed by atoms with Crippen LogP contribution in [0, 0.1) is 17.7 Å². The first-order chi connectivity index (χ1) is 11.4. The van der Waals surface area contributed by atoms with Crippen molar-refractivity contribution >= 4 is 23.5 Å². The SMILES string of the molecule is CC1CCCC(NC(=O)COC(=O)Cc2c(F)cccc2Cl)C1C. The quantitative estimate of drug-likeness (QED) is 0.822. The number of carbonyl (C=O) groups is 2. The van der Waals surface area contributed by atoms with Crippen LogP contribution in [0.15, 0.2) is 18.2 Å². The highest BCUT2D eigenvalue weighted by molar-refractivity contribution is 6.31. The number of benzene rings is 1. The Morgan fingerprint density at radius 2 is 2.08 bits per heavy atom. The molecular formula is C18H23ClFNO3. The Morgan fingerprint density at radius 3 is 2.79 bits per heavy atom. The molecule has 24 heavy (non-hydrogen) atoms. The van der Waals surface area contributed by atoms with Crippen molar-refractivity contribution in [1.82, 2.24) is 5.32 Å². The minimum Gasteiger partial charge on any atom is -0.455 e. The largest absolute Gasteiger partial charge is 0.455 e. The van der Waals surface area contributed by atoms with Gasteiger partial charge < -0.3 is 10.1 Å². The molecule has 1 saturated carbocycles. The molecular weight excluding hydrogens is 333 g/mol. The van der Waals surface area contributed by atoms with Crippen molar-refractivity contribution in [2.75, 3.05) is 6.61 Å². The Labute approximate surface area is 146 Å². The van der Waals surface area contributed by atoms with E-state index in [1.807, 2.05) is 0 Å². The van der Waals surface area contributed by atoms with Gasteiger partial charge in [-0.2, -0.15) is 0 Å². The molecule has 0 aromatic heterocycles. The Hall–Kier alpha value is -1.62. The summed E-state index contributed by atoms with van der Waals surface area (Å²) >= 11 is 5.87. The zero-order valence-corrected chi connectivity index (χ0v) is 14.7. The zero-order valence-electron chi connectivity index (χ0n) is 14.0. The Kier molecular flexibility index (Phi) is 6.60. The third kappa shape index (κ3) is 4.94. The van der Waals surface area contributed by atoms with Gasteiger partial charge in [0.1, 0.15) is 5.82 Å². The first kappa shape index (κ1) is 18.7. The number of ether oxygens (including phenoxy) is 1. The van der Waals surface area contributed by atoms with Crippen molar-refractivity contribution in [2.24, 2.45) is 11.8 Å². The molecule has 0 bridgehead atoms. The second kappa shape index (κ2) is 8.47. The van der Waals surface area contributed by atoms with Crippen LogP contribution in [0.5, 0.6) is 0 Å². The summed E-state index contributed by atoms with van der Waals surface area (Å²) in [7, 11) is 0. The number of hydrogen-bond acceptors (Lipinski definition) is 3. The van der Waals surface area contributed by atoms with Crippen molar-refractivity contribution in [3.8, 4) is 0 Å². The first-order valence-corrected chi connectivity index (χ1v) is 8.64. The van der Waals surface area contributed by atoms with Crippen LogP contribution >= 0.6 is 11.6 Å². The second-order valence-electron chi connectivity index (χ2n) is 6.48. The summed E-state index contributed by atoms with van der Waals surface area (Å²) < 4.78 is 18.6. The van der Waals surface area contributed by atoms with Crippen LogP contribution in [0.25, 0.3) is 0 Å². The Bertz CT molecular complexity index is 588. The topological polar surface area (TPSA) is 55.4 Å². The van der Waals surface area contributed by atoms with Gasteiger partial charge >= 0.3 is 5.97 Å². The summed E-state index contributed by atoms with van der Waals surface area (Å²) in [5.74, 6) is -0.601. The fraction of sp³-hybridized carbons (Fsp3) is 0.556. The maximum atomic E-state index is 13.6. The molecule has 1 amide bonds. The molecule has 1 N–H and O–H groups in total. The molecule has 4 nitrogen and oxygen atoms in total. The van der Waals surface area contributed by atoms with Crippen molar-refractivity contribution < 1.29 is 18.7 Å². The lowest BCUT2D eigenvalue weighted by atomic mass is 9.78. The number of esters is 1. The van der Waals surface area contributed by atoms with Crippen molar-refractivity contribution in [3.05, 3.63) is 34.6 Å². The lowest BCUT2D eigenvalue weighted by Gasteiger charge is -2.34. The standard InChI is InChI=1S/C18H23ClFNO3/c1-11-5-3-8-16(12(11)2)21-17(22)10-24-18(23)9-13-14(19)6-4-7-15(13)20/h4,6-7,11-12,16H,3,5,8-10H2,1-2H3,(H,21,22). The predicted molar refractivity (Wildman–Crippen MR) is 90.2 cm³/mol. The molecule has 3 unspecified atom stereocenters. The molecule has 2 rings (SSSR count). The fourth-order valence-corrected chi connectivity index (χ4v) is 3.31. The van der Waals surface area contributed by atoms with E-state index in [-0.39, 0.29) is 35.6 Å². The summed E-state index contributed by atoms with van der Waals surface area (Å²) in [6.45, 7) is 3.95. The highest BCUT2D eigenvalue weighted by Crippen LogP contribution is 2.29. The molecule has 132 valence electrons. The molecule has 0 aliphatic heterocycles. The van der Waals surface area contributed by atoms with E-state index in [1.165, 1.54) is 24.6 Å². The molecule has 1 aromatic rings. The predicted octanol–water partition coefficient (Wildman–Crippen LogP) is 3.51. The highest BCUT2D eigenvalue weighted by Gasteiger charge is 2.28. The van der Waals surface area contributed by atoms with E-state index in [2.05, 4.69) is 19.2 Å². The molecule has 1 fully saturated rings. The zero-order chi connectivity index (χ0) is 17.7. The van der Waals surface area contributed by atoms with Crippen molar-refractivity contribution in [2.45, 2.75) is 45.6 Å². The van der Waals surface area contributed by atoms with Gasteiger partial charge in [0.15, 0.2) is 6.61 Å². The van der Waals surface area contributed by atoms with Gasteiger partial charge in [-0.15, -0.1) is 0 Å². The fourth-order valence-electron chi connectivity index (χ4n) is 3.08. The lowest BCUT2D eigenvalue weighted by Crippen LogP contribution is -2.45. The van der Waals surface area contributed by atoms with Crippen LogP contribution < -0.4 is 5.32 Å². The van der Waals surface area contributed by atoms with Crippen LogP contribution in [-0.4, -0.2) is 24.5 Å². The summed E-state index contributed by atoms with van der Waals surface area (Å²) in [5, 5.41) is 3.09. The number of nitrogens with one attached hydrogen (secondary N) is 1. The van der Waals surface area contributed by atoms with Gasteiger partial charge in [-0.25, -0.2) is 4.39 Å². The van der Waals surface area contributed by atoms with Gasteiger partial charge in [0, 0.05) is 16.6 Å².